The molecule has 1 aliphatic heterocycles. The molecule has 2 rings (SSSR count). The largest absolute Gasteiger partial charge is 0.409 e. The van der Waals surface area contributed by atoms with Gasteiger partial charge in [-0.1, -0.05) is 12.1 Å². The van der Waals surface area contributed by atoms with E-state index < -0.39 is 0 Å². The third-order valence-corrected chi connectivity index (χ3v) is 3.15. The number of aromatic nitrogens is 2. The molecule has 1 unspecified atom stereocenters. The minimum atomic E-state index is -0.0162. The fourth-order valence-electron chi connectivity index (χ4n) is 2.21. The standard InChI is InChI=1S/C11H17N5O/c1-2-8-4-3-5-16(8)10-7-13-9(6-14-10)11(12)15-17/h6-8,17H,2-5H2,1H3,(H2,12,15). The van der Waals surface area contributed by atoms with Crippen molar-refractivity contribution in [2.75, 3.05) is 11.4 Å². The van der Waals surface area contributed by atoms with E-state index in [1.807, 2.05) is 0 Å². The fraction of sp³-hybridized carbons (Fsp3) is 0.545. The number of amidine groups is 1. The molecule has 17 heavy (non-hydrogen) atoms. The number of nitrogens with zero attached hydrogens (tertiary/aromatic N) is 4. The highest BCUT2D eigenvalue weighted by Gasteiger charge is 2.24. The molecule has 0 aromatic carbocycles. The Balaban J connectivity index is 2.18. The predicted octanol–water partition coefficient (Wildman–Crippen LogP) is 0.950. The highest BCUT2D eigenvalue weighted by molar-refractivity contribution is 5.94. The van der Waals surface area contributed by atoms with Gasteiger partial charge in [-0.3, -0.25) is 0 Å². The normalized spacial score (nSPS) is 20.9. The molecule has 0 aliphatic carbocycles. The SMILES string of the molecule is CCC1CCCN1c1cnc(C(N)=NO)cn1. The van der Waals surface area contributed by atoms with E-state index in [1.54, 1.807) is 6.20 Å². The molecule has 1 aliphatic rings. The van der Waals surface area contributed by atoms with Gasteiger partial charge < -0.3 is 15.8 Å². The Morgan fingerprint density at radius 2 is 2.41 bits per heavy atom. The first-order chi connectivity index (χ1) is 8.26. The summed E-state index contributed by atoms with van der Waals surface area (Å²) in [6, 6.07) is 0.555. The maximum absolute atomic E-state index is 8.53. The maximum Gasteiger partial charge on any atom is 0.190 e. The molecule has 0 amide bonds. The van der Waals surface area contributed by atoms with Crippen LogP contribution in [0.4, 0.5) is 5.82 Å². The van der Waals surface area contributed by atoms with E-state index in [2.05, 4.69) is 26.9 Å². The Hall–Kier alpha value is -1.85. The van der Waals surface area contributed by atoms with Gasteiger partial charge in [-0.15, -0.1) is 0 Å². The van der Waals surface area contributed by atoms with Gasteiger partial charge in [0, 0.05) is 12.6 Å². The van der Waals surface area contributed by atoms with Crippen molar-refractivity contribution in [2.45, 2.75) is 32.2 Å². The average molecular weight is 235 g/mol. The van der Waals surface area contributed by atoms with E-state index in [-0.39, 0.29) is 5.84 Å². The van der Waals surface area contributed by atoms with Crippen molar-refractivity contribution in [3.05, 3.63) is 18.1 Å². The van der Waals surface area contributed by atoms with Crippen LogP contribution in [-0.4, -0.2) is 33.6 Å². The Bertz CT molecular complexity index is 403. The third kappa shape index (κ3) is 2.30. The van der Waals surface area contributed by atoms with Gasteiger partial charge in [-0.25, -0.2) is 9.97 Å². The Morgan fingerprint density at radius 3 is 3.00 bits per heavy atom. The van der Waals surface area contributed by atoms with E-state index in [0.717, 1.165) is 18.8 Å². The third-order valence-electron chi connectivity index (χ3n) is 3.15. The van der Waals surface area contributed by atoms with Crippen LogP contribution in [0, 0.1) is 0 Å². The van der Waals surface area contributed by atoms with Crippen LogP contribution in [0.3, 0.4) is 0 Å². The van der Waals surface area contributed by atoms with Crippen LogP contribution >= 0.6 is 0 Å². The zero-order chi connectivity index (χ0) is 12.3. The number of oxime groups is 1. The van der Waals surface area contributed by atoms with Gasteiger partial charge in [-0.05, 0) is 19.3 Å². The van der Waals surface area contributed by atoms with Crippen LogP contribution < -0.4 is 10.6 Å². The highest BCUT2D eigenvalue weighted by atomic mass is 16.4. The fourth-order valence-corrected chi connectivity index (χ4v) is 2.21. The van der Waals surface area contributed by atoms with Crippen molar-refractivity contribution in [1.82, 2.24) is 9.97 Å². The quantitative estimate of drug-likeness (QED) is 0.352. The molecule has 0 bridgehead atoms. The van der Waals surface area contributed by atoms with Crippen molar-refractivity contribution in [1.29, 1.82) is 0 Å². The molecule has 0 spiro atoms. The second-order valence-corrected chi connectivity index (χ2v) is 4.14. The second-order valence-electron chi connectivity index (χ2n) is 4.14. The minimum absolute atomic E-state index is 0.0162. The maximum atomic E-state index is 8.53. The lowest BCUT2D eigenvalue weighted by molar-refractivity contribution is 0.318. The molecule has 2 heterocycles. The topological polar surface area (TPSA) is 87.6 Å². The predicted molar refractivity (Wildman–Crippen MR) is 65.2 cm³/mol. The number of nitrogens with two attached hydrogens (primary N) is 1. The van der Waals surface area contributed by atoms with Gasteiger partial charge in [0.1, 0.15) is 11.5 Å². The van der Waals surface area contributed by atoms with E-state index in [9.17, 15) is 0 Å². The molecule has 6 nitrogen and oxygen atoms in total. The molecule has 92 valence electrons. The first kappa shape index (κ1) is 11.6. The van der Waals surface area contributed by atoms with Crippen LogP contribution in [0.2, 0.25) is 0 Å². The summed E-state index contributed by atoms with van der Waals surface area (Å²) in [5, 5.41) is 11.4. The van der Waals surface area contributed by atoms with Crippen LogP contribution in [0.5, 0.6) is 0 Å². The minimum Gasteiger partial charge on any atom is -0.409 e. The van der Waals surface area contributed by atoms with Crippen molar-refractivity contribution in [2.24, 2.45) is 10.9 Å². The Morgan fingerprint density at radius 1 is 1.59 bits per heavy atom. The molecule has 3 N–H and O–H groups in total. The Kier molecular flexibility index (Phi) is 3.41. The molecule has 0 radical (unpaired) electrons. The van der Waals surface area contributed by atoms with Gasteiger partial charge in [-0.2, -0.15) is 0 Å². The summed E-state index contributed by atoms with van der Waals surface area (Å²) in [7, 11) is 0. The van der Waals surface area contributed by atoms with Crippen LogP contribution in [0.15, 0.2) is 17.5 Å². The smallest absolute Gasteiger partial charge is 0.190 e. The molecule has 1 atom stereocenters. The molecule has 0 saturated carbocycles. The average Bonchev–Trinajstić information content (AvgIpc) is 2.86. The molecule has 1 fully saturated rings. The molecular weight excluding hydrogens is 218 g/mol. The summed E-state index contributed by atoms with van der Waals surface area (Å²) < 4.78 is 0. The molecule has 1 aromatic rings. The van der Waals surface area contributed by atoms with Crippen LogP contribution in [0.1, 0.15) is 31.9 Å². The first-order valence-electron chi connectivity index (χ1n) is 5.82. The number of rotatable bonds is 3. The zero-order valence-electron chi connectivity index (χ0n) is 9.87. The van der Waals surface area contributed by atoms with Crippen molar-refractivity contribution < 1.29 is 5.21 Å². The lowest BCUT2D eigenvalue weighted by atomic mass is 10.2. The van der Waals surface area contributed by atoms with Gasteiger partial charge in [0.25, 0.3) is 0 Å². The van der Waals surface area contributed by atoms with Crippen LogP contribution in [0.25, 0.3) is 0 Å². The van der Waals surface area contributed by atoms with Gasteiger partial charge >= 0.3 is 0 Å². The molecule has 6 heteroatoms. The second kappa shape index (κ2) is 4.99. The summed E-state index contributed by atoms with van der Waals surface area (Å²) in [4.78, 5) is 10.7. The highest BCUT2D eigenvalue weighted by Crippen LogP contribution is 2.24. The number of anilines is 1. The van der Waals surface area contributed by atoms with E-state index in [1.165, 1.54) is 19.0 Å². The lowest BCUT2D eigenvalue weighted by Crippen LogP contribution is -2.29. The zero-order valence-corrected chi connectivity index (χ0v) is 9.87. The monoisotopic (exact) mass is 235 g/mol. The molecular formula is C11H17N5O. The summed E-state index contributed by atoms with van der Waals surface area (Å²) in [5.41, 5.74) is 5.83. The van der Waals surface area contributed by atoms with Gasteiger partial charge in [0.2, 0.25) is 0 Å². The summed E-state index contributed by atoms with van der Waals surface area (Å²) in [5.74, 6) is 0.848. The molecule has 1 saturated heterocycles. The van der Waals surface area contributed by atoms with Crippen molar-refractivity contribution in [3.63, 3.8) is 0 Å². The summed E-state index contributed by atoms with van der Waals surface area (Å²) in [6.45, 7) is 3.21. The van der Waals surface area contributed by atoms with Crippen molar-refractivity contribution in [3.8, 4) is 0 Å². The Labute approximate surface area is 100 Å². The van der Waals surface area contributed by atoms with Crippen molar-refractivity contribution >= 4 is 11.7 Å². The number of hydrogen-bond acceptors (Lipinski definition) is 5. The summed E-state index contributed by atoms with van der Waals surface area (Å²) in [6.07, 6.45) is 6.74. The van der Waals surface area contributed by atoms with Crippen LogP contribution in [-0.2, 0) is 0 Å². The number of hydrogen-bond donors (Lipinski definition) is 2. The van der Waals surface area contributed by atoms with E-state index in [4.69, 9.17) is 10.9 Å². The van der Waals surface area contributed by atoms with E-state index in [0.29, 0.717) is 11.7 Å². The lowest BCUT2D eigenvalue weighted by Gasteiger charge is -2.24. The van der Waals surface area contributed by atoms with Gasteiger partial charge in [0.15, 0.2) is 5.84 Å². The first-order valence-corrected chi connectivity index (χ1v) is 5.82. The summed E-state index contributed by atoms with van der Waals surface area (Å²) >= 11 is 0. The molecule has 1 aromatic heterocycles. The van der Waals surface area contributed by atoms with E-state index >= 15 is 0 Å². The van der Waals surface area contributed by atoms with Gasteiger partial charge in [0.05, 0.1) is 12.4 Å².